The van der Waals surface area contributed by atoms with Crippen LogP contribution in [0.3, 0.4) is 0 Å². The molecule has 18 heavy (non-hydrogen) atoms. The van der Waals surface area contributed by atoms with Gasteiger partial charge in [0.15, 0.2) is 0 Å². The van der Waals surface area contributed by atoms with Gasteiger partial charge in [-0.2, -0.15) is 0 Å². The summed E-state index contributed by atoms with van der Waals surface area (Å²) < 4.78 is 0. The Morgan fingerprint density at radius 1 is 1.50 bits per heavy atom. The van der Waals surface area contributed by atoms with Gasteiger partial charge in [-0.15, -0.1) is 11.3 Å². The molecule has 1 aromatic heterocycles. The summed E-state index contributed by atoms with van der Waals surface area (Å²) in [6.45, 7) is 4.90. The van der Waals surface area contributed by atoms with Gasteiger partial charge < -0.3 is 10.0 Å². The summed E-state index contributed by atoms with van der Waals surface area (Å²) >= 11 is 1.41. The molecule has 0 bridgehead atoms. The zero-order valence-electron chi connectivity index (χ0n) is 10.5. The lowest BCUT2D eigenvalue weighted by atomic mass is 10.1. The Balaban J connectivity index is 2.03. The number of nitrogens with zero attached hydrogens (tertiary/aromatic N) is 2. The Kier molecular flexibility index (Phi) is 3.65. The highest BCUT2D eigenvalue weighted by Gasteiger charge is 2.29. The van der Waals surface area contributed by atoms with E-state index in [1.54, 1.807) is 4.90 Å². The fraction of sp³-hybridized carbons (Fsp3) is 0.583. The van der Waals surface area contributed by atoms with Gasteiger partial charge in [-0.1, -0.05) is 0 Å². The summed E-state index contributed by atoms with van der Waals surface area (Å²) in [6.07, 6.45) is 0.916. The zero-order chi connectivity index (χ0) is 13.3. The molecule has 5 nitrogen and oxygen atoms in total. The lowest BCUT2D eigenvalue weighted by Gasteiger charge is -2.15. The van der Waals surface area contributed by atoms with Gasteiger partial charge in [-0.05, 0) is 26.2 Å². The molecule has 1 aromatic rings. The molecule has 0 saturated carbocycles. The first-order chi connectivity index (χ1) is 8.47. The Hall–Kier alpha value is -1.43. The molecule has 0 spiro atoms. The molecule has 1 N–H and O–H groups in total. The minimum absolute atomic E-state index is 0.00834. The van der Waals surface area contributed by atoms with E-state index in [0.717, 1.165) is 17.1 Å². The van der Waals surface area contributed by atoms with Crippen molar-refractivity contribution in [3.05, 3.63) is 15.6 Å². The summed E-state index contributed by atoms with van der Waals surface area (Å²) in [4.78, 5) is 29.6. The smallest absolute Gasteiger partial charge is 0.303 e. The minimum atomic E-state index is -0.792. The minimum Gasteiger partial charge on any atom is -0.481 e. The number of carbonyl (C=O) groups excluding carboxylic acids is 1. The van der Waals surface area contributed by atoms with Crippen LogP contribution >= 0.6 is 11.3 Å². The van der Waals surface area contributed by atoms with Crippen LogP contribution in [-0.2, 0) is 4.79 Å². The number of likely N-dealkylation sites (tertiary alicyclic amines) is 1. The third-order valence-electron chi connectivity index (χ3n) is 3.13. The van der Waals surface area contributed by atoms with Crippen LogP contribution in [0.25, 0.3) is 0 Å². The number of rotatable bonds is 3. The van der Waals surface area contributed by atoms with Crippen LogP contribution in [-0.4, -0.2) is 40.0 Å². The molecule has 1 fully saturated rings. The number of carbonyl (C=O) groups is 2. The maximum Gasteiger partial charge on any atom is 0.303 e. The van der Waals surface area contributed by atoms with Crippen molar-refractivity contribution in [1.29, 1.82) is 0 Å². The van der Waals surface area contributed by atoms with Gasteiger partial charge in [0.2, 0.25) is 0 Å². The van der Waals surface area contributed by atoms with E-state index in [-0.39, 0.29) is 18.2 Å². The van der Waals surface area contributed by atoms with Gasteiger partial charge >= 0.3 is 5.97 Å². The predicted octanol–water partition coefficient (Wildman–Crippen LogP) is 1.70. The van der Waals surface area contributed by atoms with E-state index in [4.69, 9.17) is 5.11 Å². The number of hydrogen-bond donors (Lipinski definition) is 1. The molecule has 98 valence electrons. The van der Waals surface area contributed by atoms with Crippen LogP contribution in [0.5, 0.6) is 0 Å². The number of thiazole rings is 1. The number of aromatic nitrogens is 1. The van der Waals surface area contributed by atoms with E-state index in [1.807, 2.05) is 13.8 Å². The van der Waals surface area contributed by atoms with Crippen LogP contribution in [0.4, 0.5) is 0 Å². The second kappa shape index (κ2) is 5.06. The van der Waals surface area contributed by atoms with Crippen molar-refractivity contribution in [1.82, 2.24) is 9.88 Å². The van der Waals surface area contributed by atoms with Gasteiger partial charge in [0, 0.05) is 19.5 Å². The fourth-order valence-electron chi connectivity index (χ4n) is 2.30. The fourth-order valence-corrected chi connectivity index (χ4v) is 3.19. The molecular weight excluding hydrogens is 252 g/mol. The van der Waals surface area contributed by atoms with Crippen LogP contribution in [0.2, 0.25) is 0 Å². The first-order valence-electron chi connectivity index (χ1n) is 5.92. The molecule has 0 radical (unpaired) electrons. The standard InChI is InChI=1S/C12H16N2O3S/c1-7-11(18-8(2)13-7)12(17)14-4-3-9(6-14)5-10(15)16/h9H,3-6H2,1-2H3,(H,15,16). The molecule has 1 aliphatic heterocycles. The summed E-state index contributed by atoms with van der Waals surface area (Å²) in [5.41, 5.74) is 0.768. The number of aryl methyl sites for hydroxylation is 2. The maximum atomic E-state index is 12.3. The number of aliphatic carboxylic acids is 1. The van der Waals surface area contributed by atoms with E-state index in [9.17, 15) is 9.59 Å². The van der Waals surface area contributed by atoms with E-state index in [0.29, 0.717) is 18.0 Å². The molecule has 0 aromatic carbocycles. The van der Waals surface area contributed by atoms with E-state index in [1.165, 1.54) is 11.3 Å². The zero-order valence-corrected chi connectivity index (χ0v) is 11.3. The molecule has 0 aliphatic carbocycles. The lowest BCUT2D eigenvalue weighted by Crippen LogP contribution is -2.28. The van der Waals surface area contributed by atoms with Gasteiger partial charge in [0.1, 0.15) is 4.88 Å². The van der Waals surface area contributed by atoms with Crippen LogP contribution in [0, 0.1) is 19.8 Å². The number of carboxylic acids is 1. The van der Waals surface area contributed by atoms with Crippen molar-refractivity contribution >= 4 is 23.2 Å². The Bertz CT molecular complexity index is 484. The molecule has 1 atom stereocenters. The normalized spacial score (nSPS) is 19.2. The first-order valence-corrected chi connectivity index (χ1v) is 6.74. The predicted molar refractivity (Wildman–Crippen MR) is 67.9 cm³/mol. The molecule has 1 unspecified atom stereocenters. The van der Waals surface area contributed by atoms with Crippen LogP contribution in [0.1, 0.15) is 33.2 Å². The van der Waals surface area contributed by atoms with Crippen LogP contribution < -0.4 is 0 Å². The topological polar surface area (TPSA) is 70.5 Å². The first kappa shape index (κ1) is 13.0. The maximum absolute atomic E-state index is 12.3. The molecule has 1 saturated heterocycles. The SMILES string of the molecule is Cc1nc(C)c(C(=O)N2CCC(CC(=O)O)C2)s1. The summed E-state index contributed by atoms with van der Waals surface area (Å²) in [7, 11) is 0. The summed E-state index contributed by atoms with van der Waals surface area (Å²) in [5, 5.41) is 9.64. The number of carboxylic acid groups (broad SMARTS) is 1. The average molecular weight is 268 g/mol. The van der Waals surface area contributed by atoms with Crippen molar-refractivity contribution < 1.29 is 14.7 Å². The van der Waals surface area contributed by atoms with E-state index in [2.05, 4.69) is 4.98 Å². The number of hydrogen-bond acceptors (Lipinski definition) is 4. The molecule has 6 heteroatoms. The van der Waals surface area contributed by atoms with E-state index >= 15 is 0 Å². The number of amides is 1. The Labute approximate surface area is 109 Å². The van der Waals surface area contributed by atoms with Crippen molar-refractivity contribution in [2.24, 2.45) is 5.92 Å². The third kappa shape index (κ3) is 2.69. The Morgan fingerprint density at radius 3 is 2.78 bits per heavy atom. The van der Waals surface area contributed by atoms with Crippen molar-refractivity contribution in [2.75, 3.05) is 13.1 Å². The van der Waals surface area contributed by atoms with Gasteiger partial charge in [-0.3, -0.25) is 9.59 Å². The second-order valence-electron chi connectivity index (χ2n) is 4.65. The van der Waals surface area contributed by atoms with Crippen LogP contribution in [0.15, 0.2) is 0 Å². The van der Waals surface area contributed by atoms with Gasteiger partial charge in [-0.25, -0.2) is 4.98 Å². The molecule has 1 amide bonds. The Morgan fingerprint density at radius 2 is 2.22 bits per heavy atom. The molecular formula is C12H16N2O3S. The highest BCUT2D eigenvalue weighted by Crippen LogP contribution is 2.25. The summed E-state index contributed by atoms with van der Waals surface area (Å²) in [5.74, 6) is -0.717. The van der Waals surface area contributed by atoms with Crippen molar-refractivity contribution in [3.63, 3.8) is 0 Å². The quantitative estimate of drug-likeness (QED) is 0.905. The molecule has 1 aliphatic rings. The highest BCUT2D eigenvalue weighted by atomic mass is 32.1. The van der Waals surface area contributed by atoms with Crippen molar-refractivity contribution in [2.45, 2.75) is 26.7 Å². The monoisotopic (exact) mass is 268 g/mol. The highest BCUT2D eigenvalue weighted by molar-refractivity contribution is 7.13. The van der Waals surface area contributed by atoms with Gasteiger partial charge in [0.25, 0.3) is 5.91 Å². The van der Waals surface area contributed by atoms with E-state index < -0.39 is 5.97 Å². The lowest BCUT2D eigenvalue weighted by molar-refractivity contribution is -0.138. The summed E-state index contributed by atoms with van der Waals surface area (Å²) in [6, 6.07) is 0. The third-order valence-corrected chi connectivity index (χ3v) is 4.19. The second-order valence-corrected chi connectivity index (χ2v) is 5.85. The van der Waals surface area contributed by atoms with Crippen molar-refractivity contribution in [3.8, 4) is 0 Å². The van der Waals surface area contributed by atoms with Gasteiger partial charge in [0.05, 0.1) is 10.7 Å². The molecule has 2 heterocycles. The largest absolute Gasteiger partial charge is 0.481 e. The molecule has 2 rings (SSSR count). The average Bonchev–Trinajstić information content (AvgIpc) is 2.84.